The van der Waals surface area contributed by atoms with Gasteiger partial charge in [0.05, 0.1) is 10.6 Å². The van der Waals surface area contributed by atoms with E-state index in [0.717, 1.165) is 17.9 Å². The highest BCUT2D eigenvalue weighted by Gasteiger charge is 2.57. The predicted octanol–water partition coefficient (Wildman–Crippen LogP) is 2.32. The van der Waals surface area contributed by atoms with Crippen LogP contribution in [0.15, 0.2) is 29.2 Å². The van der Waals surface area contributed by atoms with Crippen molar-refractivity contribution in [3.8, 4) is 0 Å². The molecule has 1 aliphatic heterocycles. The van der Waals surface area contributed by atoms with Crippen LogP contribution in [-0.4, -0.2) is 20.7 Å². The summed E-state index contributed by atoms with van der Waals surface area (Å²) in [6, 6.07) is 7.56. The van der Waals surface area contributed by atoms with Crippen LogP contribution in [0.2, 0.25) is 0 Å². The van der Waals surface area contributed by atoms with E-state index in [1.807, 2.05) is 18.2 Å². The van der Waals surface area contributed by atoms with Crippen molar-refractivity contribution in [1.29, 1.82) is 0 Å². The van der Waals surface area contributed by atoms with Crippen molar-refractivity contribution in [2.75, 3.05) is 12.3 Å². The lowest BCUT2D eigenvalue weighted by Crippen LogP contribution is -2.42. The molecular formula is C16H21NO2S. The van der Waals surface area contributed by atoms with E-state index in [2.05, 4.69) is 0 Å². The number of benzene rings is 1. The van der Waals surface area contributed by atoms with E-state index in [0.29, 0.717) is 17.4 Å². The fourth-order valence-corrected chi connectivity index (χ4v) is 7.22. The molecule has 3 aliphatic rings. The summed E-state index contributed by atoms with van der Waals surface area (Å²) in [6.07, 6.45) is 4.94. The van der Waals surface area contributed by atoms with E-state index in [1.54, 1.807) is 6.07 Å². The van der Waals surface area contributed by atoms with Gasteiger partial charge in [0.1, 0.15) is 0 Å². The van der Waals surface area contributed by atoms with E-state index < -0.39 is 9.84 Å². The van der Waals surface area contributed by atoms with Gasteiger partial charge in [0, 0.05) is 5.92 Å². The molecule has 3 nitrogen and oxygen atoms in total. The second-order valence-electron chi connectivity index (χ2n) is 6.89. The van der Waals surface area contributed by atoms with Crippen LogP contribution in [0.3, 0.4) is 0 Å². The van der Waals surface area contributed by atoms with E-state index >= 15 is 0 Å². The smallest absolute Gasteiger partial charge is 0.179 e. The molecule has 0 saturated heterocycles. The summed E-state index contributed by atoms with van der Waals surface area (Å²) < 4.78 is 24.9. The Morgan fingerprint density at radius 3 is 2.70 bits per heavy atom. The summed E-state index contributed by atoms with van der Waals surface area (Å²) in [5, 5.41) is 0. The van der Waals surface area contributed by atoms with Gasteiger partial charge in [-0.05, 0) is 54.7 Å². The van der Waals surface area contributed by atoms with Crippen LogP contribution in [-0.2, 0) is 9.84 Å². The van der Waals surface area contributed by atoms with Gasteiger partial charge in [-0.3, -0.25) is 0 Å². The summed E-state index contributed by atoms with van der Waals surface area (Å²) in [5.74, 6) is 1.79. The van der Waals surface area contributed by atoms with Gasteiger partial charge in [-0.25, -0.2) is 8.42 Å². The zero-order valence-electron chi connectivity index (χ0n) is 11.6. The van der Waals surface area contributed by atoms with Gasteiger partial charge >= 0.3 is 0 Å². The molecule has 0 aromatic heterocycles. The highest BCUT2D eigenvalue weighted by Crippen LogP contribution is 2.63. The lowest BCUT2D eigenvalue weighted by atomic mass is 9.63. The topological polar surface area (TPSA) is 60.2 Å². The van der Waals surface area contributed by atoms with Crippen molar-refractivity contribution < 1.29 is 8.42 Å². The number of hydrogen-bond acceptors (Lipinski definition) is 3. The van der Waals surface area contributed by atoms with Crippen LogP contribution in [0, 0.1) is 17.3 Å². The summed E-state index contributed by atoms with van der Waals surface area (Å²) in [6.45, 7) is 0.628. The molecule has 2 fully saturated rings. The zero-order valence-corrected chi connectivity index (χ0v) is 12.4. The SMILES string of the molecule is NCC1(C2CS(=O)(=O)c3ccccc32)CC2CCC1C2. The number of hydrogen-bond donors (Lipinski definition) is 1. The van der Waals surface area contributed by atoms with Crippen LogP contribution in [0.25, 0.3) is 0 Å². The van der Waals surface area contributed by atoms with Gasteiger partial charge in [0.2, 0.25) is 0 Å². The Kier molecular flexibility index (Phi) is 2.62. The first-order valence-electron chi connectivity index (χ1n) is 7.58. The second-order valence-corrected chi connectivity index (χ2v) is 8.89. The van der Waals surface area contributed by atoms with Crippen molar-refractivity contribution >= 4 is 9.84 Å². The van der Waals surface area contributed by atoms with Crippen molar-refractivity contribution in [3.63, 3.8) is 0 Å². The van der Waals surface area contributed by atoms with Crippen molar-refractivity contribution in [2.24, 2.45) is 23.0 Å². The molecule has 2 N–H and O–H groups in total. The lowest BCUT2D eigenvalue weighted by Gasteiger charge is -2.42. The van der Waals surface area contributed by atoms with Gasteiger partial charge in [-0.1, -0.05) is 24.6 Å². The quantitative estimate of drug-likeness (QED) is 0.909. The Balaban J connectivity index is 1.84. The molecule has 20 heavy (non-hydrogen) atoms. The normalized spacial score (nSPS) is 41.0. The highest BCUT2D eigenvalue weighted by atomic mass is 32.2. The number of fused-ring (bicyclic) bond motifs is 3. The minimum Gasteiger partial charge on any atom is -0.330 e. The number of sulfone groups is 1. The minimum atomic E-state index is -3.11. The molecule has 4 heteroatoms. The molecule has 4 rings (SSSR count). The minimum absolute atomic E-state index is 0.0303. The summed E-state index contributed by atoms with van der Waals surface area (Å²) in [4.78, 5) is 0.556. The Hall–Kier alpha value is -0.870. The highest BCUT2D eigenvalue weighted by molar-refractivity contribution is 7.91. The second kappa shape index (κ2) is 4.08. The molecule has 2 saturated carbocycles. The maximum atomic E-state index is 12.4. The number of nitrogens with two attached hydrogens (primary N) is 1. The van der Waals surface area contributed by atoms with Crippen molar-refractivity contribution in [3.05, 3.63) is 29.8 Å². The molecule has 4 atom stereocenters. The standard InChI is InChI=1S/C16H21NO2S/c17-10-16(8-11-5-6-12(16)7-11)14-9-20(18,19)15-4-2-1-3-13(14)15/h1-4,11-12,14H,5-10,17H2. The van der Waals surface area contributed by atoms with E-state index in [-0.39, 0.29) is 17.1 Å². The largest absolute Gasteiger partial charge is 0.330 e. The molecule has 1 aromatic carbocycles. The predicted molar refractivity (Wildman–Crippen MR) is 78.2 cm³/mol. The Morgan fingerprint density at radius 1 is 1.25 bits per heavy atom. The van der Waals surface area contributed by atoms with Crippen LogP contribution in [0.4, 0.5) is 0 Å². The fraction of sp³-hybridized carbons (Fsp3) is 0.625. The van der Waals surface area contributed by atoms with Gasteiger partial charge < -0.3 is 5.73 Å². The Bertz CT molecular complexity index is 654. The Labute approximate surface area is 120 Å². The molecule has 0 radical (unpaired) electrons. The molecular weight excluding hydrogens is 270 g/mol. The zero-order chi connectivity index (χ0) is 14.0. The molecule has 4 unspecified atom stereocenters. The van der Waals surface area contributed by atoms with Gasteiger partial charge in [0.15, 0.2) is 9.84 Å². The number of rotatable bonds is 2. The third-order valence-corrected chi connectivity index (χ3v) is 7.93. The van der Waals surface area contributed by atoms with Crippen LogP contribution in [0.1, 0.15) is 37.2 Å². The maximum absolute atomic E-state index is 12.4. The van der Waals surface area contributed by atoms with E-state index in [4.69, 9.17) is 5.73 Å². The van der Waals surface area contributed by atoms with Gasteiger partial charge in [0.25, 0.3) is 0 Å². The fourth-order valence-electron chi connectivity index (χ4n) is 5.23. The average molecular weight is 291 g/mol. The van der Waals surface area contributed by atoms with Gasteiger partial charge in [-0.2, -0.15) is 0 Å². The molecule has 1 aromatic rings. The first kappa shape index (κ1) is 12.8. The Morgan fingerprint density at radius 2 is 2.05 bits per heavy atom. The molecule has 2 aliphatic carbocycles. The van der Waals surface area contributed by atoms with E-state index in [1.165, 1.54) is 19.3 Å². The van der Waals surface area contributed by atoms with E-state index in [9.17, 15) is 8.42 Å². The summed E-state index contributed by atoms with van der Waals surface area (Å²) >= 11 is 0. The monoisotopic (exact) mass is 291 g/mol. The molecule has 2 bridgehead atoms. The summed E-state index contributed by atoms with van der Waals surface area (Å²) in [7, 11) is -3.11. The summed E-state index contributed by atoms with van der Waals surface area (Å²) in [5.41, 5.74) is 7.25. The van der Waals surface area contributed by atoms with Crippen LogP contribution < -0.4 is 5.73 Å². The molecule has 0 amide bonds. The molecule has 108 valence electrons. The van der Waals surface area contributed by atoms with Crippen LogP contribution in [0.5, 0.6) is 0 Å². The first-order valence-corrected chi connectivity index (χ1v) is 9.24. The van der Waals surface area contributed by atoms with Crippen LogP contribution >= 0.6 is 0 Å². The third kappa shape index (κ3) is 1.52. The van der Waals surface area contributed by atoms with Gasteiger partial charge in [-0.15, -0.1) is 0 Å². The average Bonchev–Trinajstić information content (AvgIpc) is 3.11. The van der Waals surface area contributed by atoms with Crippen molar-refractivity contribution in [1.82, 2.24) is 0 Å². The lowest BCUT2D eigenvalue weighted by molar-refractivity contribution is 0.139. The maximum Gasteiger partial charge on any atom is 0.179 e. The molecule has 1 heterocycles. The first-order chi connectivity index (χ1) is 9.57. The van der Waals surface area contributed by atoms with Crippen molar-refractivity contribution in [2.45, 2.75) is 36.5 Å². The molecule has 0 spiro atoms. The third-order valence-electron chi connectivity index (χ3n) is 6.11.